The van der Waals surface area contributed by atoms with Gasteiger partial charge in [-0.2, -0.15) is 13.2 Å². The Kier molecular flexibility index (Phi) is 3.67. The van der Waals surface area contributed by atoms with Crippen molar-refractivity contribution in [3.8, 4) is 0 Å². The maximum Gasteiger partial charge on any atom is 0.390 e. The smallest absolute Gasteiger partial charge is 0.324 e. The summed E-state index contributed by atoms with van der Waals surface area (Å²) in [5.74, 6) is -1.00. The van der Waals surface area contributed by atoms with E-state index in [1.165, 1.54) is 18.2 Å². The SMILES string of the molecule is NC(CC(F)(F)F)c1ccc2c(c1)NC(=O)CC(=O)N2. The van der Waals surface area contributed by atoms with Crippen LogP contribution in [0.1, 0.15) is 24.4 Å². The number of nitrogens with one attached hydrogen (secondary N) is 2. The number of rotatable bonds is 2. The van der Waals surface area contributed by atoms with Gasteiger partial charge in [-0.15, -0.1) is 0 Å². The standard InChI is InChI=1S/C12H12F3N3O2/c13-12(14,15)5-7(16)6-1-2-8-9(3-6)18-11(20)4-10(19)17-8/h1-3,7H,4-5,16H2,(H,17,19)(H,18,20). The minimum atomic E-state index is -4.37. The third kappa shape index (κ3) is 3.47. The maximum absolute atomic E-state index is 12.3. The van der Waals surface area contributed by atoms with Gasteiger partial charge in [-0.05, 0) is 17.7 Å². The van der Waals surface area contributed by atoms with E-state index in [1.807, 2.05) is 0 Å². The second kappa shape index (κ2) is 5.12. The highest BCUT2D eigenvalue weighted by Gasteiger charge is 2.31. The Hall–Kier alpha value is -2.09. The molecule has 4 N–H and O–H groups in total. The lowest BCUT2D eigenvalue weighted by atomic mass is 10.0. The zero-order chi connectivity index (χ0) is 14.9. The average molecular weight is 287 g/mol. The Bertz CT molecular complexity index is 557. The predicted octanol–water partition coefficient (Wildman–Crippen LogP) is 1.92. The van der Waals surface area contributed by atoms with E-state index < -0.39 is 30.5 Å². The number of fused-ring (bicyclic) bond motifs is 1. The molecule has 20 heavy (non-hydrogen) atoms. The average Bonchev–Trinajstić information content (AvgIpc) is 2.42. The first-order chi connectivity index (χ1) is 9.24. The van der Waals surface area contributed by atoms with Crippen molar-refractivity contribution in [2.24, 2.45) is 5.73 Å². The quantitative estimate of drug-likeness (QED) is 0.726. The molecule has 0 aliphatic carbocycles. The number of hydrogen-bond acceptors (Lipinski definition) is 3. The molecule has 0 saturated carbocycles. The molecule has 1 unspecified atom stereocenters. The van der Waals surface area contributed by atoms with Crippen LogP contribution >= 0.6 is 0 Å². The normalized spacial score (nSPS) is 16.8. The molecule has 8 heteroatoms. The summed E-state index contributed by atoms with van der Waals surface area (Å²) in [6.07, 6.45) is -5.87. The molecule has 1 aliphatic heterocycles. The Morgan fingerprint density at radius 3 is 2.35 bits per heavy atom. The van der Waals surface area contributed by atoms with Crippen molar-refractivity contribution >= 4 is 23.2 Å². The van der Waals surface area contributed by atoms with Crippen LogP contribution in [-0.2, 0) is 9.59 Å². The van der Waals surface area contributed by atoms with Crippen molar-refractivity contribution in [2.45, 2.75) is 25.1 Å². The maximum atomic E-state index is 12.3. The van der Waals surface area contributed by atoms with Crippen molar-refractivity contribution in [1.82, 2.24) is 0 Å². The van der Waals surface area contributed by atoms with Gasteiger partial charge in [-0.25, -0.2) is 0 Å². The third-order valence-electron chi connectivity index (χ3n) is 2.79. The molecule has 0 spiro atoms. The van der Waals surface area contributed by atoms with Crippen LogP contribution in [0.3, 0.4) is 0 Å². The molecule has 1 aliphatic rings. The van der Waals surface area contributed by atoms with Gasteiger partial charge in [0.25, 0.3) is 0 Å². The Labute approximate surface area is 112 Å². The molecule has 1 atom stereocenters. The van der Waals surface area contributed by atoms with Crippen molar-refractivity contribution < 1.29 is 22.8 Å². The lowest BCUT2D eigenvalue weighted by Crippen LogP contribution is -2.20. The highest BCUT2D eigenvalue weighted by atomic mass is 19.4. The summed E-state index contributed by atoms with van der Waals surface area (Å²) in [6, 6.07) is 2.93. The molecule has 1 aromatic carbocycles. The van der Waals surface area contributed by atoms with E-state index in [-0.39, 0.29) is 17.7 Å². The second-order valence-electron chi connectivity index (χ2n) is 4.50. The van der Waals surface area contributed by atoms with E-state index in [0.717, 1.165) is 0 Å². The number of alkyl halides is 3. The number of amides is 2. The summed E-state index contributed by atoms with van der Waals surface area (Å²) in [6.45, 7) is 0. The van der Waals surface area contributed by atoms with Crippen LogP contribution in [-0.4, -0.2) is 18.0 Å². The Morgan fingerprint density at radius 2 is 1.75 bits per heavy atom. The van der Waals surface area contributed by atoms with E-state index in [4.69, 9.17) is 5.73 Å². The number of carbonyl (C=O) groups is 2. The van der Waals surface area contributed by atoms with E-state index in [1.54, 1.807) is 0 Å². The molecule has 0 saturated heterocycles. The molecule has 0 radical (unpaired) electrons. The van der Waals surface area contributed by atoms with Crippen molar-refractivity contribution in [3.05, 3.63) is 23.8 Å². The van der Waals surface area contributed by atoms with Crippen molar-refractivity contribution in [1.29, 1.82) is 0 Å². The number of anilines is 2. The fourth-order valence-corrected chi connectivity index (χ4v) is 1.91. The molecule has 5 nitrogen and oxygen atoms in total. The second-order valence-corrected chi connectivity index (χ2v) is 4.50. The first-order valence-corrected chi connectivity index (χ1v) is 5.80. The zero-order valence-corrected chi connectivity index (χ0v) is 10.3. The van der Waals surface area contributed by atoms with Crippen LogP contribution in [0.5, 0.6) is 0 Å². The molecule has 2 amide bonds. The van der Waals surface area contributed by atoms with Gasteiger partial charge in [0.2, 0.25) is 11.8 Å². The van der Waals surface area contributed by atoms with Gasteiger partial charge in [0.05, 0.1) is 17.8 Å². The molecule has 0 aromatic heterocycles. The van der Waals surface area contributed by atoms with Gasteiger partial charge in [0, 0.05) is 6.04 Å². The molecule has 108 valence electrons. The summed E-state index contributed by atoms with van der Waals surface area (Å²) in [7, 11) is 0. The third-order valence-corrected chi connectivity index (χ3v) is 2.79. The van der Waals surface area contributed by atoms with Gasteiger partial charge in [0.1, 0.15) is 6.42 Å². The van der Waals surface area contributed by atoms with Crippen LogP contribution in [0, 0.1) is 0 Å². The number of hydrogen-bond donors (Lipinski definition) is 3. The molecule has 2 rings (SSSR count). The van der Waals surface area contributed by atoms with Crippen molar-refractivity contribution in [2.75, 3.05) is 10.6 Å². The summed E-state index contributed by atoms with van der Waals surface area (Å²) in [4.78, 5) is 22.7. The summed E-state index contributed by atoms with van der Waals surface area (Å²) >= 11 is 0. The van der Waals surface area contributed by atoms with Gasteiger partial charge in [-0.1, -0.05) is 6.07 Å². The molecule has 0 bridgehead atoms. The van der Waals surface area contributed by atoms with Crippen LogP contribution in [0.15, 0.2) is 18.2 Å². The fraction of sp³-hybridized carbons (Fsp3) is 0.333. The zero-order valence-electron chi connectivity index (χ0n) is 10.3. The van der Waals surface area contributed by atoms with Crippen LogP contribution in [0.2, 0.25) is 0 Å². The number of benzene rings is 1. The van der Waals surface area contributed by atoms with E-state index in [0.29, 0.717) is 5.69 Å². The molecular formula is C12H12F3N3O2. The first kappa shape index (κ1) is 14.3. The van der Waals surface area contributed by atoms with Crippen LogP contribution in [0.4, 0.5) is 24.5 Å². The number of halogens is 3. The lowest BCUT2D eigenvalue weighted by molar-refractivity contribution is -0.138. The minimum Gasteiger partial charge on any atom is -0.324 e. The highest BCUT2D eigenvalue weighted by molar-refractivity contribution is 6.13. The summed E-state index contributed by atoms with van der Waals surface area (Å²) in [5.41, 5.74) is 6.31. The van der Waals surface area contributed by atoms with E-state index in [9.17, 15) is 22.8 Å². The molecular weight excluding hydrogens is 275 g/mol. The lowest BCUT2D eigenvalue weighted by Gasteiger charge is -2.16. The largest absolute Gasteiger partial charge is 0.390 e. The van der Waals surface area contributed by atoms with E-state index >= 15 is 0 Å². The summed E-state index contributed by atoms with van der Waals surface area (Å²) < 4.78 is 36.9. The van der Waals surface area contributed by atoms with Crippen LogP contribution < -0.4 is 16.4 Å². The number of carbonyl (C=O) groups excluding carboxylic acids is 2. The van der Waals surface area contributed by atoms with Gasteiger partial charge < -0.3 is 16.4 Å². The first-order valence-electron chi connectivity index (χ1n) is 5.80. The Balaban J connectivity index is 2.27. The van der Waals surface area contributed by atoms with Gasteiger partial charge >= 0.3 is 6.18 Å². The highest BCUT2D eigenvalue weighted by Crippen LogP contribution is 2.32. The molecule has 0 fully saturated rings. The fourth-order valence-electron chi connectivity index (χ4n) is 1.91. The van der Waals surface area contributed by atoms with Gasteiger partial charge in [-0.3, -0.25) is 9.59 Å². The molecule has 1 heterocycles. The predicted molar refractivity (Wildman–Crippen MR) is 65.9 cm³/mol. The van der Waals surface area contributed by atoms with E-state index in [2.05, 4.69) is 10.6 Å². The Morgan fingerprint density at radius 1 is 1.15 bits per heavy atom. The van der Waals surface area contributed by atoms with Crippen LogP contribution in [0.25, 0.3) is 0 Å². The van der Waals surface area contributed by atoms with Gasteiger partial charge in [0.15, 0.2) is 0 Å². The summed E-state index contributed by atoms with van der Waals surface area (Å²) in [5, 5.41) is 4.93. The van der Waals surface area contributed by atoms with Crippen molar-refractivity contribution in [3.63, 3.8) is 0 Å². The minimum absolute atomic E-state index is 0.234. The number of nitrogens with two attached hydrogens (primary N) is 1. The molecule has 1 aromatic rings. The topological polar surface area (TPSA) is 84.2 Å². The monoisotopic (exact) mass is 287 g/mol.